The number of nitrogen functional groups attached to an aromatic ring is 1. The zero-order valence-electron chi connectivity index (χ0n) is 9.52. The third kappa shape index (κ3) is 2.05. The molecule has 19 heavy (non-hydrogen) atoms. The molecule has 96 valence electrons. The molecule has 1 heterocycles. The summed E-state index contributed by atoms with van der Waals surface area (Å²) in [5.41, 5.74) is 7.78. The van der Waals surface area contributed by atoms with E-state index in [9.17, 15) is 8.78 Å². The van der Waals surface area contributed by atoms with Gasteiger partial charge in [0.1, 0.15) is 17.2 Å². The van der Waals surface area contributed by atoms with Crippen molar-refractivity contribution in [3.63, 3.8) is 0 Å². The van der Waals surface area contributed by atoms with Gasteiger partial charge in [-0.3, -0.25) is 0 Å². The number of anilines is 3. The lowest BCUT2D eigenvalue weighted by atomic mass is 10.2. The molecule has 0 aliphatic rings. The molecule has 0 saturated carbocycles. The van der Waals surface area contributed by atoms with Crippen molar-refractivity contribution in [2.24, 2.45) is 0 Å². The highest BCUT2D eigenvalue weighted by Crippen LogP contribution is 2.29. The first-order valence-electron chi connectivity index (χ1n) is 5.37. The first-order valence-corrected chi connectivity index (χ1v) is 5.37. The minimum Gasteiger partial charge on any atom is -0.395 e. The van der Waals surface area contributed by atoms with Gasteiger partial charge in [-0.25, -0.2) is 13.4 Å². The Balaban J connectivity index is 2.02. The van der Waals surface area contributed by atoms with Crippen LogP contribution in [0.15, 0.2) is 35.0 Å². The summed E-state index contributed by atoms with van der Waals surface area (Å²) in [6.07, 6.45) is 0. The Bertz CT molecular complexity index is 736. The molecule has 3 aromatic rings. The third-order valence-electron chi connectivity index (χ3n) is 2.61. The normalized spacial score (nSPS) is 10.8. The zero-order valence-corrected chi connectivity index (χ0v) is 9.52. The van der Waals surface area contributed by atoms with Crippen LogP contribution in [0.3, 0.4) is 0 Å². The largest absolute Gasteiger partial charge is 0.395 e. The average molecular weight is 262 g/mol. The van der Waals surface area contributed by atoms with Crippen LogP contribution < -0.4 is 11.1 Å². The van der Waals surface area contributed by atoms with Gasteiger partial charge < -0.3 is 11.1 Å². The molecule has 7 heteroatoms. The summed E-state index contributed by atoms with van der Waals surface area (Å²) in [7, 11) is 0. The number of rotatable bonds is 2. The van der Waals surface area contributed by atoms with Crippen LogP contribution in [-0.2, 0) is 0 Å². The number of nitrogens with zero attached hydrogens (tertiary/aromatic N) is 2. The lowest BCUT2D eigenvalue weighted by molar-refractivity contribution is 0.315. The van der Waals surface area contributed by atoms with E-state index >= 15 is 0 Å². The lowest BCUT2D eigenvalue weighted by Gasteiger charge is -2.09. The minimum atomic E-state index is -0.676. The number of fused-ring (bicyclic) bond motifs is 1. The molecule has 0 atom stereocenters. The van der Waals surface area contributed by atoms with E-state index in [2.05, 4.69) is 20.3 Å². The van der Waals surface area contributed by atoms with Gasteiger partial charge >= 0.3 is 0 Å². The Morgan fingerprint density at radius 2 is 1.79 bits per heavy atom. The van der Waals surface area contributed by atoms with Crippen LogP contribution in [0.2, 0.25) is 0 Å². The smallest absolute Gasteiger partial charge is 0.160 e. The van der Waals surface area contributed by atoms with Gasteiger partial charge in [0.15, 0.2) is 5.52 Å². The van der Waals surface area contributed by atoms with Crippen LogP contribution in [0.25, 0.3) is 11.0 Å². The monoisotopic (exact) mass is 262 g/mol. The quantitative estimate of drug-likeness (QED) is 0.694. The second kappa shape index (κ2) is 4.20. The van der Waals surface area contributed by atoms with Crippen molar-refractivity contribution >= 4 is 28.1 Å². The SMILES string of the molecule is Nc1c(Nc2cc(F)cc(F)c2)ccc2nonc12. The highest BCUT2D eigenvalue weighted by molar-refractivity contribution is 5.94. The second-order valence-corrected chi connectivity index (χ2v) is 3.94. The summed E-state index contributed by atoms with van der Waals surface area (Å²) >= 11 is 0. The third-order valence-corrected chi connectivity index (χ3v) is 2.61. The van der Waals surface area contributed by atoms with Crippen LogP contribution in [0.4, 0.5) is 25.8 Å². The molecule has 0 aliphatic carbocycles. The van der Waals surface area contributed by atoms with E-state index in [1.807, 2.05) is 0 Å². The molecular weight excluding hydrogens is 254 g/mol. The summed E-state index contributed by atoms with van der Waals surface area (Å²) in [5, 5.41) is 10.1. The molecule has 0 spiro atoms. The molecule has 0 bridgehead atoms. The van der Waals surface area contributed by atoms with E-state index in [1.54, 1.807) is 12.1 Å². The molecule has 3 N–H and O–H groups in total. The predicted octanol–water partition coefficient (Wildman–Crippen LogP) is 2.83. The van der Waals surface area contributed by atoms with Gasteiger partial charge in [-0.05, 0) is 34.6 Å². The topological polar surface area (TPSA) is 77.0 Å². The summed E-state index contributed by atoms with van der Waals surface area (Å²) in [6.45, 7) is 0. The van der Waals surface area contributed by atoms with Crippen LogP contribution in [0, 0.1) is 11.6 Å². The van der Waals surface area contributed by atoms with Crippen molar-refractivity contribution in [1.82, 2.24) is 10.3 Å². The Morgan fingerprint density at radius 3 is 2.53 bits per heavy atom. The molecule has 0 radical (unpaired) electrons. The Labute approximate surface area is 106 Å². The van der Waals surface area contributed by atoms with Gasteiger partial charge in [0.25, 0.3) is 0 Å². The summed E-state index contributed by atoms with van der Waals surface area (Å²) in [4.78, 5) is 0. The number of aromatic nitrogens is 2. The summed E-state index contributed by atoms with van der Waals surface area (Å²) in [6, 6.07) is 6.38. The molecule has 0 saturated heterocycles. The summed E-state index contributed by atoms with van der Waals surface area (Å²) < 4.78 is 30.7. The van der Waals surface area contributed by atoms with E-state index < -0.39 is 11.6 Å². The van der Waals surface area contributed by atoms with Crippen LogP contribution in [0.1, 0.15) is 0 Å². The van der Waals surface area contributed by atoms with Crippen molar-refractivity contribution < 1.29 is 13.4 Å². The van der Waals surface area contributed by atoms with Crippen molar-refractivity contribution in [2.45, 2.75) is 0 Å². The molecule has 0 unspecified atom stereocenters. The Hall–Kier alpha value is -2.70. The fraction of sp³-hybridized carbons (Fsp3) is 0. The van der Waals surface area contributed by atoms with Crippen LogP contribution in [-0.4, -0.2) is 10.3 Å². The number of nitrogens with one attached hydrogen (secondary N) is 1. The fourth-order valence-corrected chi connectivity index (χ4v) is 1.76. The highest BCUT2D eigenvalue weighted by Gasteiger charge is 2.10. The second-order valence-electron chi connectivity index (χ2n) is 3.94. The van der Waals surface area contributed by atoms with E-state index in [0.29, 0.717) is 22.4 Å². The van der Waals surface area contributed by atoms with Crippen LogP contribution in [0.5, 0.6) is 0 Å². The van der Waals surface area contributed by atoms with Gasteiger partial charge in [-0.2, -0.15) is 0 Å². The number of benzene rings is 2. The maximum Gasteiger partial charge on any atom is 0.160 e. The van der Waals surface area contributed by atoms with Gasteiger partial charge in [0.2, 0.25) is 0 Å². The number of hydrogen-bond donors (Lipinski definition) is 2. The Morgan fingerprint density at radius 1 is 1.05 bits per heavy atom. The van der Waals surface area contributed by atoms with Gasteiger partial charge in [0, 0.05) is 11.8 Å². The molecular formula is C12H8F2N4O. The lowest BCUT2D eigenvalue weighted by Crippen LogP contribution is -1.98. The molecule has 2 aromatic carbocycles. The minimum absolute atomic E-state index is 0.250. The van der Waals surface area contributed by atoms with Gasteiger partial charge in [-0.1, -0.05) is 0 Å². The number of hydrogen-bond acceptors (Lipinski definition) is 5. The average Bonchev–Trinajstić information content (AvgIpc) is 2.80. The highest BCUT2D eigenvalue weighted by atomic mass is 19.1. The maximum atomic E-state index is 13.1. The first-order chi connectivity index (χ1) is 9.13. The molecule has 0 aliphatic heterocycles. The van der Waals surface area contributed by atoms with Crippen molar-refractivity contribution in [3.05, 3.63) is 42.0 Å². The predicted molar refractivity (Wildman–Crippen MR) is 65.9 cm³/mol. The van der Waals surface area contributed by atoms with Crippen molar-refractivity contribution in [3.8, 4) is 0 Å². The standard InChI is InChI=1S/C12H8F2N4O/c13-6-3-7(14)5-8(4-6)16-9-1-2-10-12(11(9)15)18-19-17-10/h1-5,16H,15H2. The molecule has 3 rings (SSSR count). The van der Waals surface area contributed by atoms with E-state index in [4.69, 9.17) is 5.73 Å². The van der Waals surface area contributed by atoms with E-state index in [-0.39, 0.29) is 5.69 Å². The Kier molecular flexibility index (Phi) is 2.52. The summed E-state index contributed by atoms with van der Waals surface area (Å²) in [5.74, 6) is -1.35. The molecule has 1 aromatic heterocycles. The molecule has 0 fully saturated rings. The maximum absolute atomic E-state index is 13.1. The van der Waals surface area contributed by atoms with Crippen LogP contribution >= 0.6 is 0 Å². The molecule has 0 amide bonds. The number of nitrogens with two attached hydrogens (primary N) is 1. The molecule has 5 nitrogen and oxygen atoms in total. The van der Waals surface area contributed by atoms with Crippen molar-refractivity contribution in [2.75, 3.05) is 11.1 Å². The first kappa shape index (κ1) is 11.4. The van der Waals surface area contributed by atoms with Gasteiger partial charge in [0.05, 0.1) is 11.4 Å². The number of halogens is 2. The van der Waals surface area contributed by atoms with E-state index in [1.165, 1.54) is 0 Å². The van der Waals surface area contributed by atoms with Gasteiger partial charge in [-0.15, -0.1) is 0 Å². The van der Waals surface area contributed by atoms with E-state index in [0.717, 1.165) is 18.2 Å². The zero-order chi connectivity index (χ0) is 13.4. The fourth-order valence-electron chi connectivity index (χ4n) is 1.76. The van der Waals surface area contributed by atoms with Crippen molar-refractivity contribution in [1.29, 1.82) is 0 Å².